The Morgan fingerprint density at radius 1 is 1.19 bits per heavy atom. The molecule has 4 nitrogen and oxygen atoms in total. The summed E-state index contributed by atoms with van der Waals surface area (Å²) in [5, 5.41) is 11.9. The fourth-order valence-electron chi connectivity index (χ4n) is 1.78. The molecule has 0 saturated carbocycles. The highest BCUT2D eigenvalue weighted by Gasteiger charge is 2.10. The monoisotopic (exact) mass is 367 g/mol. The van der Waals surface area contributed by atoms with Crippen LogP contribution in [0.25, 0.3) is 0 Å². The van der Waals surface area contributed by atoms with Crippen LogP contribution >= 0.6 is 27.5 Å². The SMILES string of the molecule is O=C(Cc1cccc(Br)c1)Nc1cc(C(=O)O)ccc1Cl. The van der Waals surface area contributed by atoms with Crippen LogP contribution in [0, 0.1) is 0 Å². The van der Waals surface area contributed by atoms with Crippen molar-refractivity contribution in [3.63, 3.8) is 0 Å². The quantitative estimate of drug-likeness (QED) is 0.858. The molecule has 108 valence electrons. The summed E-state index contributed by atoms with van der Waals surface area (Å²) in [5.74, 6) is -1.34. The number of halogens is 2. The van der Waals surface area contributed by atoms with Gasteiger partial charge < -0.3 is 10.4 Å². The zero-order valence-corrected chi connectivity index (χ0v) is 13.1. The number of carboxylic acids is 1. The molecule has 2 aromatic carbocycles. The van der Waals surface area contributed by atoms with Crippen molar-refractivity contribution in [2.24, 2.45) is 0 Å². The molecule has 0 aliphatic carbocycles. The lowest BCUT2D eigenvalue weighted by molar-refractivity contribution is -0.115. The van der Waals surface area contributed by atoms with Crippen LogP contribution in [-0.4, -0.2) is 17.0 Å². The molecule has 0 fully saturated rings. The Labute approximate surface area is 134 Å². The molecule has 0 aliphatic rings. The first-order valence-corrected chi connectivity index (χ1v) is 7.20. The molecular formula is C15H11BrClNO3. The van der Waals surface area contributed by atoms with Gasteiger partial charge in [-0.05, 0) is 35.9 Å². The van der Waals surface area contributed by atoms with Gasteiger partial charge in [-0.2, -0.15) is 0 Å². The van der Waals surface area contributed by atoms with E-state index < -0.39 is 5.97 Å². The molecule has 21 heavy (non-hydrogen) atoms. The van der Waals surface area contributed by atoms with Gasteiger partial charge in [0.25, 0.3) is 0 Å². The van der Waals surface area contributed by atoms with Gasteiger partial charge in [-0.3, -0.25) is 4.79 Å². The van der Waals surface area contributed by atoms with Crippen molar-refractivity contribution in [2.45, 2.75) is 6.42 Å². The van der Waals surface area contributed by atoms with Crippen LogP contribution in [0.4, 0.5) is 5.69 Å². The van der Waals surface area contributed by atoms with Crippen molar-refractivity contribution in [3.8, 4) is 0 Å². The highest BCUT2D eigenvalue weighted by Crippen LogP contribution is 2.23. The van der Waals surface area contributed by atoms with E-state index in [0.29, 0.717) is 5.02 Å². The Kier molecular flexibility index (Phi) is 4.98. The van der Waals surface area contributed by atoms with E-state index >= 15 is 0 Å². The number of carbonyl (C=O) groups excluding carboxylic acids is 1. The summed E-state index contributed by atoms with van der Waals surface area (Å²) < 4.78 is 0.888. The average molecular weight is 369 g/mol. The molecule has 2 N–H and O–H groups in total. The summed E-state index contributed by atoms with van der Waals surface area (Å²) in [6, 6.07) is 11.5. The van der Waals surface area contributed by atoms with Gasteiger partial charge in [0.1, 0.15) is 0 Å². The van der Waals surface area contributed by atoms with E-state index in [1.54, 1.807) is 0 Å². The molecule has 0 atom stereocenters. The van der Waals surface area contributed by atoms with Gasteiger partial charge in [-0.1, -0.05) is 39.7 Å². The lowest BCUT2D eigenvalue weighted by Crippen LogP contribution is -2.15. The van der Waals surface area contributed by atoms with Crippen LogP contribution in [0.2, 0.25) is 5.02 Å². The Balaban J connectivity index is 2.12. The fourth-order valence-corrected chi connectivity index (χ4v) is 2.39. The van der Waals surface area contributed by atoms with Crippen molar-refractivity contribution in [2.75, 3.05) is 5.32 Å². The number of rotatable bonds is 4. The van der Waals surface area contributed by atoms with Gasteiger partial charge in [0, 0.05) is 4.47 Å². The molecule has 1 amide bonds. The number of anilines is 1. The predicted octanol–water partition coefficient (Wildman–Crippen LogP) is 3.98. The number of carbonyl (C=O) groups is 2. The lowest BCUT2D eigenvalue weighted by atomic mass is 10.1. The molecule has 0 aromatic heterocycles. The van der Waals surface area contributed by atoms with Gasteiger partial charge in [0.05, 0.1) is 22.7 Å². The summed E-state index contributed by atoms with van der Waals surface area (Å²) >= 11 is 9.30. The zero-order valence-electron chi connectivity index (χ0n) is 10.8. The number of hydrogen-bond acceptors (Lipinski definition) is 2. The number of amides is 1. The maximum atomic E-state index is 12.0. The second-order valence-electron chi connectivity index (χ2n) is 4.35. The predicted molar refractivity (Wildman–Crippen MR) is 84.9 cm³/mol. The molecule has 0 heterocycles. The summed E-state index contributed by atoms with van der Waals surface area (Å²) in [7, 11) is 0. The molecule has 0 bridgehead atoms. The van der Waals surface area contributed by atoms with Crippen LogP contribution in [0.15, 0.2) is 46.9 Å². The Hall–Kier alpha value is -1.85. The molecule has 2 aromatic rings. The first-order valence-electron chi connectivity index (χ1n) is 6.03. The van der Waals surface area contributed by atoms with Crippen molar-refractivity contribution in [1.29, 1.82) is 0 Å². The Morgan fingerprint density at radius 3 is 2.62 bits per heavy atom. The van der Waals surface area contributed by atoms with E-state index in [0.717, 1.165) is 10.0 Å². The standard InChI is InChI=1S/C15H11BrClNO3/c16-11-3-1-2-9(6-11)7-14(19)18-13-8-10(15(20)21)4-5-12(13)17/h1-6,8H,7H2,(H,18,19)(H,20,21). The number of benzene rings is 2. The summed E-state index contributed by atoms with van der Waals surface area (Å²) in [5.41, 5.74) is 1.20. The van der Waals surface area contributed by atoms with Crippen molar-refractivity contribution in [3.05, 3.63) is 63.1 Å². The maximum Gasteiger partial charge on any atom is 0.335 e. The van der Waals surface area contributed by atoms with Gasteiger partial charge in [0.15, 0.2) is 0 Å². The van der Waals surface area contributed by atoms with E-state index in [4.69, 9.17) is 16.7 Å². The molecule has 2 rings (SSSR count). The van der Waals surface area contributed by atoms with Crippen LogP contribution in [0.3, 0.4) is 0 Å². The van der Waals surface area contributed by atoms with Crippen molar-refractivity contribution < 1.29 is 14.7 Å². The summed E-state index contributed by atoms with van der Waals surface area (Å²) in [6.45, 7) is 0. The van der Waals surface area contributed by atoms with Crippen LogP contribution < -0.4 is 5.32 Å². The third kappa shape index (κ3) is 4.31. The Bertz CT molecular complexity index is 703. The van der Waals surface area contributed by atoms with E-state index in [2.05, 4.69) is 21.2 Å². The first kappa shape index (κ1) is 15.5. The van der Waals surface area contributed by atoms with E-state index in [1.807, 2.05) is 24.3 Å². The lowest BCUT2D eigenvalue weighted by Gasteiger charge is -2.08. The van der Waals surface area contributed by atoms with Crippen LogP contribution in [0.1, 0.15) is 15.9 Å². The third-order valence-electron chi connectivity index (χ3n) is 2.74. The largest absolute Gasteiger partial charge is 0.478 e. The average Bonchev–Trinajstić information content (AvgIpc) is 2.41. The minimum Gasteiger partial charge on any atom is -0.478 e. The van der Waals surface area contributed by atoms with Crippen molar-refractivity contribution in [1.82, 2.24) is 0 Å². The second kappa shape index (κ2) is 6.74. The molecular weight excluding hydrogens is 358 g/mol. The van der Waals surface area contributed by atoms with Gasteiger partial charge in [-0.15, -0.1) is 0 Å². The fraction of sp³-hybridized carbons (Fsp3) is 0.0667. The van der Waals surface area contributed by atoms with Crippen molar-refractivity contribution >= 4 is 45.1 Å². The van der Waals surface area contributed by atoms with Gasteiger partial charge in [0.2, 0.25) is 5.91 Å². The van der Waals surface area contributed by atoms with Crippen LogP contribution in [-0.2, 0) is 11.2 Å². The molecule has 0 unspecified atom stereocenters. The normalized spacial score (nSPS) is 10.2. The summed E-state index contributed by atoms with van der Waals surface area (Å²) in [6.07, 6.45) is 0.174. The third-order valence-corrected chi connectivity index (χ3v) is 3.56. The molecule has 0 aliphatic heterocycles. The van der Waals surface area contributed by atoms with E-state index in [9.17, 15) is 9.59 Å². The molecule has 0 spiro atoms. The molecule has 6 heteroatoms. The number of aromatic carboxylic acids is 1. The Morgan fingerprint density at radius 2 is 1.95 bits per heavy atom. The topological polar surface area (TPSA) is 66.4 Å². The van der Waals surface area contributed by atoms with E-state index in [1.165, 1.54) is 18.2 Å². The number of hydrogen-bond donors (Lipinski definition) is 2. The number of nitrogens with one attached hydrogen (secondary N) is 1. The highest BCUT2D eigenvalue weighted by molar-refractivity contribution is 9.10. The zero-order chi connectivity index (χ0) is 15.4. The van der Waals surface area contributed by atoms with Crippen LogP contribution in [0.5, 0.6) is 0 Å². The number of carboxylic acid groups (broad SMARTS) is 1. The highest BCUT2D eigenvalue weighted by atomic mass is 79.9. The smallest absolute Gasteiger partial charge is 0.335 e. The minimum absolute atomic E-state index is 0.0668. The minimum atomic E-state index is -1.07. The molecule has 0 saturated heterocycles. The van der Waals surface area contributed by atoms with Gasteiger partial charge >= 0.3 is 5.97 Å². The first-order chi connectivity index (χ1) is 9.95. The van der Waals surface area contributed by atoms with Gasteiger partial charge in [-0.25, -0.2) is 4.79 Å². The second-order valence-corrected chi connectivity index (χ2v) is 5.68. The van der Waals surface area contributed by atoms with E-state index in [-0.39, 0.29) is 23.6 Å². The molecule has 0 radical (unpaired) electrons. The maximum absolute atomic E-state index is 12.0. The summed E-state index contributed by atoms with van der Waals surface area (Å²) in [4.78, 5) is 22.9.